The van der Waals surface area contributed by atoms with Crippen LogP contribution >= 0.6 is 0 Å². The third kappa shape index (κ3) is 4.87. The molecule has 0 bridgehead atoms. The van der Waals surface area contributed by atoms with Crippen molar-refractivity contribution in [1.82, 2.24) is 10.2 Å². The average Bonchev–Trinajstić information content (AvgIpc) is 2.24. The first-order chi connectivity index (χ1) is 7.92. The molecule has 1 N–H and O–H groups in total. The molecule has 0 saturated carbocycles. The number of nitrogens with one attached hydrogen (secondary N) is 1. The summed E-state index contributed by atoms with van der Waals surface area (Å²) >= 11 is 0. The molecule has 17 heavy (non-hydrogen) atoms. The van der Waals surface area contributed by atoms with Crippen LogP contribution in [-0.4, -0.2) is 42.6 Å². The number of morpholine rings is 1. The zero-order valence-electron chi connectivity index (χ0n) is 10.6. The molecule has 0 spiro atoms. The van der Waals surface area contributed by atoms with Gasteiger partial charge in [-0.1, -0.05) is 0 Å². The highest BCUT2D eigenvalue weighted by Crippen LogP contribution is 2.05. The molecule has 1 rings (SSSR count). The Morgan fingerprint density at radius 1 is 1.41 bits per heavy atom. The first-order valence-electron chi connectivity index (χ1n) is 5.68. The van der Waals surface area contributed by atoms with Gasteiger partial charge >= 0.3 is 0 Å². The lowest BCUT2D eigenvalue weighted by Gasteiger charge is -2.26. The average molecular weight is 237 g/mol. The SMILES string of the molecule is CC(C)(C)NC(=O)/C(C#N)=C\N1CCOCC1. The van der Waals surface area contributed by atoms with Gasteiger partial charge in [0.1, 0.15) is 11.6 Å². The minimum atomic E-state index is -0.335. The van der Waals surface area contributed by atoms with Crippen molar-refractivity contribution in [2.24, 2.45) is 0 Å². The number of ether oxygens (including phenoxy) is 1. The van der Waals surface area contributed by atoms with Crippen molar-refractivity contribution in [3.8, 4) is 6.07 Å². The maximum absolute atomic E-state index is 11.8. The van der Waals surface area contributed by atoms with E-state index in [1.807, 2.05) is 31.7 Å². The summed E-state index contributed by atoms with van der Waals surface area (Å²) < 4.78 is 5.20. The second-order valence-corrected chi connectivity index (χ2v) is 5.01. The van der Waals surface area contributed by atoms with Gasteiger partial charge in [-0.2, -0.15) is 5.26 Å². The molecule has 0 aromatic heterocycles. The van der Waals surface area contributed by atoms with E-state index in [2.05, 4.69) is 5.32 Å². The Hall–Kier alpha value is -1.54. The Labute approximate surface area is 102 Å². The highest BCUT2D eigenvalue weighted by molar-refractivity contribution is 5.97. The monoisotopic (exact) mass is 237 g/mol. The first kappa shape index (κ1) is 13.5. The number of nitrogens with zero attached hydrogens (tertiary/aromatic N) is 2. The zero-order chi connectivity index (χ0) is 12.9. The summed E-state index contributed by atoms with van der Waals surface area (Å²) in [5.74, 6) is -0.327. The van der Waals surface area contributed by atoms with E-state index in [0.29, 0.717) is 26.3 Å². The standard InChI is InChI=1S/C12H19N3O2/c1-12(2,3)14-11(16)10(8-13)9-15-4-6-17-7-5-15/h9H,4-7H2,1-3H3,(H,14,16)/b10-9-. The number of hydrogen-bond donors (Lipinski definition) is 1. The van der Waals surface area contributed by atoms with Crippen LogP contribution in [0.15, 0.2) is 11.8 Å². The Balaban J connectivity index is 2.67. The van der Waals surface area contributed by atoms with E-state index < -0.39 is 0 Å². The molecule has 0 unspecified atom stereocenters. The maximum atomic E-state index is 11.8. The van der Waals surface area contributed by atoms with E-state index >= 15 is 0 Å². The van der Waals surface area contributed by atoms with Crippen LogP contribution in [0.25, 0.3) is 0 Å². The van der Waals surface area contributed by atoms with Gasteiger partial charge in [-0.25, -0.2) is 0 Å². The van der Waals surface area contributed by atoms with Crippen LogP contribution in [0.5, 0.6) is 0 Å². The van der Waals surface area contributed by atoms with E-state index in [1.165, 1.54) is 0 Å². The molecule has 1 fully saturated rings. The maximum Gasteiger partial charge on any atom is 0.263 e. The van der Waals surface area contributed by atoms with Crippen LogP contribution < -0.4 is 5.32 Å². The van der Waals surface area contributed by atoms with E-state index in [1.54, 1.807) is 6.20 Å². The van der Waals surface area contributed by atoms with Crippen LogP contribution in [0.2, 0.25) is 0 Å². The molecular formula is C12H19N3O2. The number of hydrogen-bond acceptors (Lipinski definition) is 4. The summed E-state index contributed by atoms with van der Waals surface area (Å²) in [5.41, 5.74) is -0.195. The molecule has 1 aliphatic rings. The van der Waals surface area contributed by atoms with Gasteiger partial charge in [0.2, 0.25) is 0 Å². The molecular weight excluding hydrogens is 218 g/mol. The van der Waals surface area contributed by atoms with E-state index in [9.17, 15) is 4.79 Å². The van der Waals surface area contributed by atoms with Gasteiger partial charge in [-0.3, -0.25) is 4.79 Å². The molecule has 5 nitrogen and oxygen atoms in total. The number of amides is 1. The number of nitriles is 1. The van der Waals surface area contributed by atoms with E-state index in [-0.39, 0.29) is 17.0 Å². The fraction of sp³-hybridized carbons (Fsp3) is 0.667. The van der Waals surface area contributed by atoms with Gasteiger partial charge in [0.25, 0.3) is 5.91 Å². The van der Waals surface area contributed by atoms with E-state index in [0.717, 1.165) is 0 Å². The summed E-state index contributed by atoms with van der Waals surface area (Å²) in [6.45, 7) is 8.35. The van der Waals surface area contributed by atoms with Gasteiger partial charge in [0.05, 0.1) is 13.2 Å². The van der Waals surface area contributed by atoms with Crippen molar-refractivity contribution in [1.29, 1.82) is 5.26 Å². The van der Waals surface area contributed by atoms with Crippen molar-refractivity contribution in [3.05, 3.63) is 11.8 Å². The fourth-order valence-corrected chi connectivity index (χ4v) is 1.44. The normalized spacial score (nSPS) is 17.5. The van der Waals surface area contributed by atoms with Crippen LogP contribution in [0.3, 0.4) is 0 Å². The Morgan fingerprint density at radius 2 is 2.00 bits per heavy atom. The van der Waals surface area contributed by atoms with Crippen molar-refractivity contribution >= 4 is 5.91 Å². The summed E-state index contributed by atoms with van der Waals surface area (Å²) in [7, 11) is 0. The molecule has 1 aliphatic heterocycles. The lowest BCUT2D eigenvalue weighted by molar-refractivity contribution is -0.118. The van der Waals surface area contributed by atoms with Crippen LogP contribution in [0, 0.1) is 11.3 Å². The van der Waals surface area contributed by atoms with Gasteiger partial charge < -0.3 is 15.0 Å². The van der Waals surface area contributed by atoms with Crippen molar-refractivity contribution in [2.75, 3.05) is 26.3 Å². The number of carbonyl (C=O) groups excluding carboxylic acids is 1. The van der Waals surface area contributed by atoms with Crippen molar-refractivity contribution in [3.63, 3.8) is 0 Å². The smallest absolute Gasteiger partial charge is 0.263 e. The Bertz CT molecular complexity index is 344. The molecule has 0 aromatic carbocycles. The third-order valence-electron chi connectivity index (χ3n) is 2.21. The third-order valence-corrected chi connectivity index (χ3v) is 2.21. The number of carbonyl (C=O) groups is 1. The number of rotatable bonds is 2. The van der Waals surface area contributed by atoms with Crippen LogP contribution in [0.4, 0.5) is 0 Å². The largest absolute Gasteiger partial charge is 0.378 e. The summed E-state index contributed by atoms with van der Waals surface area (Å²) in [6, 6.07) is 1.94. The van der Waals surface area contributed by atoms with Crippen LogP contribution in [-0.2, 0) is 9.53 Å². The second kappa shape index (κ2) is 5.69. The summed E-state index contributed by atoms with van der Waals surface area (Å²) in [4.78, 5) is 13.7. The molecule has 5 heteroatoms. The zero-order valence-corrected chi connectivity index (χ0v) is 10.6. The molecule has 0 aromatic rings. The lowest BCUT2D eigenvalue weighted by atomic mass is 10.1. The molecule has 1 amide bonds. The minimum absolute atomic E-state index is 0.141. The lowest BCUT2D eigenvalue weighted by Crippen LogP contribution is -2.42. The molecule has 0 aliphatic carbocycles. The molecule has 1 saturated heterocycles. The molecule has 94 valence electrons. The predicted molar refractivity (Wildman–Crippen MR) is 64.0 cm³/mol. The second-order valence-electron chi connectivity index (χ2n) is 5.01. The minimum Gasteiger partial charge on any atom is -0.378 e. The summed E-state index contributed by atoms with van der Waals surface area (Å²) in [6.07, 6.45) is 1.61. The molecule has 0 radical (unpaired) electrons. The highest BCUT2D eigenvalue weighted by atomic mass is 16.5. The van der Waals surface area contributed by atoms with Gasteiger partial charge in [0, 0.05) is 24.8 Å². The topological polar surface area (TPSA) is 65.4 Å². The van der Waals surface area contributed by atoms with Crippen molar-refractivity contribution in [2.45, 2.75) is 26.3 Å². The van der Waals surface area contributed by atoms with Gasteiger partial charge in [-0.05, 0) is 20.8 Å². The molecule has 1 heterocycles. The Morgan fingerprint density at radius 3 is 2.47 bits per heavy atom. The Kier molecular flexibility index (Phi) is 4.53. The van der Waals surface area contributed by atoms with Gasteiger partial charge in [0.15, 0.2) is 0 Å². The highest BCUT2D eigenvalue weighted by Gasteiger charge is 2.18. The molecule has 0 atom stereocenters. The van der Waals surface area contributed by atoms with Gasteiger partial charge in [-0.15, -0.1) is 0 Å². The van der Waals surface area contributed by atoms with E-state index in [4.69, 9.17) is 10.00 Å². The van der Waals surface area contributed by atoms with Crippen LogP contribution in [0.1, 0.15) is 20.8 Å². The van der Waals surface area contributed by atoms with Crippen molar-refractivity contribution < 1.29 is 9.53 Å². The first-order valence-corrected chi connectivity index (χ1v) is 5.68. The summed E-state index contributed by atoms with van der Waals surface area (Å²) in [5, 5.41) is 11.8. The fourth-order valence-electron chi connectivity index (χ4n) is 1.44. The predicted octanol–water partition coefficient (Wildman–Crippen LogP) is 0.641. The quantitative estimate of drug-likeness (QED) is 0.565.